The van der Waals surface area contributed by atoms with Crippen LogP contribution in [-0.4, -0.2) is 48.7 Å². The van der Waals surface area contributed by atoms with Crippen LogP contribution in [0.15, 0.2) is 24.3 Å². The van der Waals surface area contributed by atoms with E-state index in [2.05, 4.69) is 10.2 Å². The van der Waals surface area contributed by atoms with E-state index in [0.29, 0.717) is 6.67 Å². The molecular formula is C16H23FN4O. The molecule has 1 amide bonds. The Hall–Kier alpha value is -1.66. The maximum atomic E-state index is 13.5. The Kier molecular flexibility index (Phi) is 4.06. The molecule has 2 aliphatic heterocycles. The molecule has 1 unspecified atom stereocenters. The fourth-order valence-corrected chi connectivity index (χ4v) is 3.58. The molecule has 22 heavy (non-hydrogen) atoms. The largest absolute Gasteiger partial charge is 0.339 e. The summed E-state index contributed by atoms with van der Waals surface area (Å²) in [5.41, 5.74) is 6.07. The molecule has 1 atom stereocenters. The zero-order chi connectivity index (χ0) is 15.7. The van der Waals surface area contributed by atoms with Crippen molar-refractivity contribution in [2.24, 2.45) is 5.73 Å². The number of carbonyl (C=O) groups excluding carboxylic acids is 1. The summed E-state index contributed by atoms with van der Waals surface area (Å²) in [6.45, 7) is 4.94. The SMILES string of the molecule is CC(N)CN1CCC2(CC1)C(=O)NCN2c1cccc(F)c1. The van der Waals surface area contributed by atoms with Gasteiger partial charge in [0.2, 0.25) is 5.91 Å². The van der Waals surface area contributed by atoms with Crippen molar-refractivity contribution in [3.05, 3.63) is 30.1 Å². The second-order valence-corrected chi connectivity index (χ2v) is 6.38. The molecular weight excluding hydrogens is 283 g/mol. The van der Waals surface area contributed by atoms with Crippen LogP contribution in [0.3, 0.4) is 0 Å². The summed E-state index contributed by atoms with van der Waals surface area (Å²) in [6, 6.07) is 6.60. The fourth-order valence-electron chi connectivity index (χ4n) is 3.58. The van der Waals surface area contributed by atoms with Gasteiger partial charge in [-0.05, 0) is 38.0 Å². The van der Waals surface area contributed by atoms with E-state index in [4.69, 9.17) is 5.73 Å². The Bertz CT molecular complexity index is 555. The van der Waals surface area contributed by atoms with Gasteiger partial charge in [-0.2, -0.15) is 0 Å². The van der Waals surface area contributed by atoms with Gasteiger partial charge < -0.3 is 20.9 Å². The summed E-state index contributed by atoms with van der Waals surface area (Å²) < 4.78 is 13.5. The van der Waals surface area contributed by atoms with E-state index in [0.717, 1.165) is 38.2 Å². The van der Waals surface area contributed by atoms with Gasteiger partial charge in [0.1, 0.15) is 11.4 Å². The van der Waals surface area contributed by atoms with Gasteiger partial charge >= 0.3 is 0 Å². The molecule has 2 fully saturated rings. The van der Waals surface area contributed by atoms with E-state index in [-0.39, 0.29) is 17.8 Å². The highest BCUT2D eigenvalue weighted by molar-refractivity contribution is 5.93. The third-order valence-corrected chi connectivity index (χ3v) is 4.69. The smallest absolute Gasteiger partial charge is 0.247 e. The normalized spacial score (nSPS) is 22.9. The number of hydrogen-bond donors (Lipinski definition) is 2. The number of likely N-dealkylation sites (tertiary alicyclic amines) is 1. The number of piperidine rings is 1. The average Bonchev–Trinajstić information content (AvgIpc) is 2.78. The van der Waals surface area contributed by atoms with Gasteiger partial charge in [0.05, 0.1) is 6.67 Å². The fraction of sp³-hybridized carbons (Fsp3) is 0.562. The predicted octanol–water partition coefficient (Wildman–Crippen LogP) is 0.901. The van der Waals surface area contributed by atoms with Crippen molar-refractivity contribution in [2.45, 2.75) is 31.3 Å². The standard InChI is InChI=1S/C16H23FN4O/c1-12(18)10-20-7-5-16(6-8-20)15(22)19-11-21(16)14-4-2-3-13(17)9-14/h2-4,9,12H,5-8,10-11,18H2,1H3,(H,19,22). The number of halogens is 1. The Labute approximate surface area is 130 Å². The monoisotopic (exact) mass is 306 g/mol. The summed E-state index contributed by atoms with van der Waals surface area (Å²) in [7, 11) is 0. The molecule has 6 heteroatoms. The quantitative estimate of drug-likeness (QED) is 0.871. The van der Waals surface area contributed by atoms with E-state index in [9.17, 15) is 9.18 Å². The number of anilines is 1. The van der Waals surface area contributed by atoms with Crippen molar-refractivity contribution in [1.82, 2.24) is 10.2 Å². The second kappa shape index (κ2) is 5.85. The Morgan fingerprint density at radius 3 is 2.77 bits per heavy atom. The molecule has 1 spiro atoms. The molecule has 0 aliphatic carbocycles. The third kappa shape index (κ3) is 2.68. The number of nitrogens with one attached hydrogen (secondary N) is 1. The van der Waals surface area contributed by atoms with Gasteiger partial charge in [-0.1, -0.05) is 6.07 Å². The first-order valence-corrected chi connectivity index (χ1v) is 7.81. The summed E-state index contributed by atoms with van der Waals surface area (Å²) in [4.78, 5) is 16.8. The number of amides is 1. The minimum Gasteiger partial charge on any atom is -0.339 e. The molecule has 5 nitrogen and oxygen atoms in total. The number of hydrogen-bond acceptors (Lipinski definition) is 4. The lowest BCUT2D eigenvalue weighted by atomic mass is 9.85. The molecule has 2 saturated heterocycles. The number of carbonyl (C=O) groups is 1. The minimum atomic E-state index is -0.553. The zero-order valence-corrected chi connectivity index (χ0v) is 12.9. The molecule has 0 aromatic heterocycles. The molecule has 0 saturated carbocycles. The first-order valence-electron chi connectivity index (χ1n) is 7.81. The average molecular weight is 306 g/mol. The van der Waals surface area contributed by atoms with E-state index >= 15 is 0 Å². The molecule has 3 N–H and O–H groups in total. The third-order valence-electron chi connectivity index (χ3n) is 4.69. The van der Waals surface area contributed by atoms with Gasteiger partial charge in [0.15, 0.2) is 0 Å². The molecule has 120 valence electrons. The van der Waals surface area contributed by atoms with E-state index in [1.165, 1.54) is 12.1 Å². The van der Waals surface area contributed by atoms with Crippen molar-refractivity contribution in [3.8, 4) is 0 Å². The van der Waals surface area contributed by atoms with Gasteiger partial charge in [-0.3, -0.25) is 4.79 Å². The van der Waals surface area contributed by atoms with Gasteiger partial charge in [-0.25, -0.2) is 4.39 Å². The highest BCUT2D eigenvalue weighted by Gasteiger charge is 2.50. The molecule has 1 aromatic carbocycles. The number of rotatable bonds is 3. The van der Waals surface area contributed by atoms with Crippen LogP contribution in [0.4, 0.5) is 10.1 Å². The molecule has 0 radical (unpaired) electrons. The topological polar surface area (TPSA) is 61.6 Å². The maximum absolute atomic E-state index is 13.5. The van der Waals surface area contributed by atoms with Crippen LogP contribution in [0, 0.1) is 5.82 Å². The van der Waals surface area contributed by atoms with Crippen LogP contribution in [0.5, 0.6) is 0 Å². The first-order chi connectivity index (χ1) is 10.5. The van der Waals surface area contributed by atoms with Gasteiger partial charge in [-0.15, -0.1) is 0 Å². The van der Waals surface area contributed by atoms with Crippen LogP contribution < -0.4 is 16.0 Å². The molecule has 2 heterocycles. The summed E-state index contributed by atoms with van der Waals surface area (Å²) in [5.74, 6) is -0.224. The maximum Gasteiger partial charge on any atom is 0.247 e. The van der Waals surface area contributed by atoms with E-state index < -0.39 is 5.54 Å². The van der Waals surface area contributed by atoms with E-state index in [1.54, 1.807) is 6.07 Å². The predicted molar refractivity (Wildman–Crippen MR) is 83.9 cm³/mol. The molecule has 3 rings (SSSR count). The lowest BCUT2D eigenvalue weighted by Gasteiger charge is -2.43. The van der Waals surface area contributed by atoms with E-state index in [1.807, 2.05) is 17.9 Å². The van der Waals surface area contributed by atoms with Crippen LogP contribution in [0.25, 0.3) is 0 Å². The summed E-state index contributed by atoms with van der Waals surface area (Å²) >= 11 is 0. The number of nitrogens with zero attached hydrogens (tertiary/aromatic N) is 2. The van der Waals surface area contributed by atoms with Gasteiger partial charge in [0, 0.05) is 31.4 Å². The molecule has 0 bridgehead atoms. The lowest BCUT2D eigenvalue weighted by Crippen LogP contribution is -2.57. The first kappa shape index (κ1) is 15.2. The summed E-state index contributed by atoms with van der Waals surface area (Å²) in [6.07, 6.45) is 1.48. The van der Waals surface area contributed by atoms with Crippen molar-refractivity contribution in [3.63, 3.8) is 0 Å². The number of nitrogens with two attached hydrogens (primary N) is 1. The highest BCUT2D eigenvalue weighted by Crippen LogP contribution is 2.36. The Balaban J connectivity index is 1.80. The minimum absolute atomic E-state index is 0.0530. The molecule has 2 aliphatic rings. The van der Waals surface area contributed by atoms with Crippen molar-refractivity contribution in [1.29, 1.82) is 0 Å². The van der Waals surface area contributed by atoms with Crippen molar-refractivity contribution >= 4 is 11.6 Å². The van der Waals surface area contributed by atoms with Crippen LogP contribution in [0.1, 0.15) is 19.8 Å². The highest BCUT2D eigenvalue weighted by atomic mass is 19.1. The lowest BCUT2D eigenvalue weighted by molar-refractivity contribution is -0.125. The van der Waals surface area contributed by atoms with Crippen molar-refractivity contribution in [2.75, 3.05) is 31.2 Å². The van der Waals surface area contributed by atoms with Crippen LogP contribution in [0.2, 0.25) is 0 Å². The Morgan fingerprint density at radius 2 is 2.14 bits per heavy atom. The summed E-state index contributed by atoms with van der Waals surface area (Å²) in [5, 5.41) is 2.93. The zero-order valence-electron chi connectivity index (χ0n) is 12.9. The molecule has 1 aromatic rings. The number of benzene rings is 1. The van der Waals surface area contributed by atoms with Crippen LogP contribution in [-0.2, 0) is 4.79 Å². The van der Waals surface area contributed by atoms with Crippen LogP contribution >= 0.6 is 0 Å². The Morgan fingerprint density at radius 1 is 1.41 bits per heavy atom. The second-order valence-electron chi connectivity index (χ2n) is 6.38. The van der Waals surface area contributed by atoms with Gasteiger partial charge in [0.25, 0.3) is 0 Å². The van der Waals surface area contributed by atoms with Crippen molar-refractivity contribution < 1.29 is 9.18 Å².